The maximum atomic E-state index is 11.6. The Kier molecular flexibility index (Phi) is 3.66. The lowest BCUT2D eigenvalue weighted by Gasteiger charge is -2.14. The first kappa shape index (κ1) is 11.0. The van der Waals surface area contributed by atoms with Crippen LogP contribution in [0.15, 0.2) is 24.3 Å². The molecule has 0 radical (unpaired) electrons. The number of carbonyl (C=O) groups excluding carboxylic acids is 1. The molecule has 0 aliphatic rings. The van der Waals surface area contributed by atoms with E-state index in [0.29, 0.717) is 5.56 Å². The molecule has 0 unspecified atom stereocenters. The highest BCUT2D eigenvalue weighted by Gasteiger charge is 2.11. The predicted molar refractivity (Wildman–Crippen MR) is 53.6 cm³/mol. The third-order valence-electron chi connectivity index (χ3n) is 1.84. The molecule has 0 heterocycles. The van der Waals surface area contributed by atoms with Crippen molar-refractivity contribution in [3.05, 3.63) is 29.8 Å². The van der Waals surface area contributed by atoms with Crippen LogP contribution in [0.4, 0.5) is 0 Å². The van der Waals surface area contributed by atoms with Crippen molar-refractivity contribution in [1.82, 2.24) is 5.01 Å². The number of hydrogen-bond acceptors (Lipinski definition) is 4. The minimum absolute atomic E-state index is 0.0900. The maximum Gasteiger partial charge on any atom is 0.267 e. The highest BCUT2D eigenvalue weighted by Crippen LogP contribution is 2.10. The summed E-state index contributed by atoms with van der Waals surface area (Å²) in [7, 11) is 0. The Morgan fingerprint density at radius 2 is 2.07 bits per heavy atom. The number of nitrogens with zero attached hydrogens (tertiary/aromatic N) is 2. The molecule has 0 atom stereocenters. The van der Waals surface area contributed by atoms with Gasteiger partial charge in [-0.05, 0) is 24.3 Å². The fourth-order valence-electron chi connectivity index (χ4n) is 1.04. The van der Waals surface area contributed by atoms with E-state index in [0.717, 1.165) is 5.01 Å². The number of benzene rings is 1. The van der Waals surface area contributed by atoms with Gasteiger partial charge in [0.05, 0.1) is 19.0 Å². The summed E-state index contributed by atoms with van der Waals surface area (Å²) in [6, 6.07) is 7.67. The number of rotatable bonds is 3. The summed E-state index contributed by atoms with van der Waals surface area (Å²) in [6.45, 7) is 0.191. The molecule has 0 saturated carbocycles. The van der Waals surface area contributed by atoms with Gasteiger partial charge in [-0.1, -0.05) is 0 Å². The van der Waals surface area contributed by atoms with Crippen molar-refractivity contribution in [3.63, 3.8) is 0 Å². The highest BCUT2D eigenvalue weighted by molar-refractivity contribution is 5.93. The maximum absolute atomic E-state index is 11.6. The van der Waals surface area contributed by atoms with Crippen LogP contribution in [-0.2, 0) is 0 Å². The number of amides is 1. The largest absolute Gasteiger partial charge is 0.508 e. The second-order valence-electron chi connectivity index (χ2n) is 2.95. The molecule has 1 aromatic carbocycles. The van der Waals surface area contributed by atoms with Crippen LogP contribution in [0.3, 0.4) is 0 Å². The van der Waals surface area contributed by atoms with E-state index in [9.17, 15) is 4.79 Å². The molecule has 1 rings (SSSR count). The van der Waals surface area contributed by atoms with Crippen LogP contribution in [-0.4, -0.2) is 22.6 Å². The van der Waals surface area contributed by atoms with Gasteiger partial charge >= 0.3 is 0 Å². The number of nitrogens with two attached hydrogens (primary N) is 1. The first-order chi connectivity index (χ1) is 7.15. The smallest absolute Gasteiger partial charge is 0.267 e. The van der Waals surface area contributed by atoms with Crippen molar-refractivity contribution in [2.45, 2.75) is 6.42 Å². The number of aromatic hydroxyl groups is 1. The third-order valence-corrected chi connectivity index (χ3v) is 1.84. The molecule has 78 valence electrons. The Labute approximate surface area is 87.3 Å². The molecule has 0 aromatic heterocycles. The summed E-state index contributed by atoms with van der Waals surface area (Å²) >= 11 is 0. The van der Waals surface area contributed by atoms with Crippen molar-refractivity contribution in [1.29, 1.82) is 5.26 Å². The lowest BCUT2D eigenvalue weighted by Crippen LogP contribution is -2.37. The fourth-order valence-corrected chi connectivity index (χ4v) is 1.04. The Morgan fingerprint density at radius 1 is 1.47 bits per heavy atom. The fraction of sp³-hybridized carbons (Fsp3) is 0.200. The molecule has 0 aliphatic heterocycles. The summed E-state index contributed by atoms with van der Waals surface area (Å²) in [4.78, 5) is 11.6. The molecule has 1 aromatic rings. The van der Waals surface area contributed by atoms with Crippen molar-refractivity contribution < 1.29 is 9.90 Å². The minimum Gasteiger partial charge on any atom is -0.508 e. The van der Waals surface area contributed by atoms with E-state index in [4.69, 9.17) is 16.2 Å². The van der Waals surface area contributed by atoms with E-state index in [1.54, 1.807) is 0 Å². The first-order valence-electron chi connectivity index (χ1n) is 4.37. The summed E-state index contributed by atoms with van der Waals surface area (Å²) in [5, 5.41) is 18.3. The molecule has 0 bridgehead atoms. The molecule has 0 spiro atoms. The van der Waals surface area contributed by atoms with Gasteiger partial charge in [-0.3, -0.25) is 9.80 Å². The zero-order chi connectivity index (χ0) is 11.3. The van der Waals surface area contributed by atoms with Gasteiger partial charge in [-0.25, -0.2) is 5.84 Å². The van der Waals surface area contributed by atoms with Gasteiger partial charge in [0.1, 0.15) is 5.75 Å². The first-order valence-corrected chi connectivity index (χ1v) is 4.37. The second-order valence-corrected chi connectivity index (χ2v) is 2.95. The Hall–Kier alpha value is -2.06. The number of phenols is 1. The zero-order valence-electron chi connectivity index (χ0n) is 8.05. The second kappa shape index (κ2) is 4.98. The number of carbonyl (C=O) groups is 1. The van der Waals surface area contributed by atoms with Gasteiger partial charge in [0.2, 0.25) is 0 Å². The highest BCUT2D eigenvalue weighted by atomic mass is 16.3. The summed E-state index contributed by atoms with van der Waals surface area (Å²) in [6.07, 6.45) is 0.195. The number of hydrogen-bond donors (Lipinski definition) is 2. The normalized spacial score (nSPS) is 9.33. The van der Waals surface area contributed by atoms with Crippen LogP contribution in [0.5, 0.6) is 5.75 Å². The summed E-state index contributed by atoms with van der Waals surface area (Å²) in [5.41, 5.74) is 0.383. The molecule has 0 saturated heterocycles. The van der Waals surface area contributed by atoms with Gasteiger partial charge in [0.25, 0.3) is 5.91 Å². The molecule has 5 heteroatoms. The van der Waals surface area contributed by atoms with Gasteiger partial charge in [-0.2, -0.15) is 5.26 Å². The van der Waals surface area contributed by atoms with E-state index in [-0.39, 0.29) is 24.6 Å². The van der Waals surface area contributed by atoms with E-state index in [1.807, 2.05) is 6.07 Å². The van der Waals surface area contributed by atoms with Crippen LogP contribution in [0.1, 0.15) is 16.8 Å². The van der Waals surface area contributed by atoms with Gasteiger partial charge in [0, 0.05) is 5.56 Å². The summed E-state index contributed by atoms with van der Waals surface area (Å²) in [5.74, 6) is 5.16. The quantitative estimate of drug-likeness (QED) is 0.430. The van der Waals surface area contributed by atoms with Gasteiger partial charge in [-0.15, -0.1) is 0 Å². The van der Waals surface area contributed by atoms with Crippen molar-refractivity contribution >= 4 is 5.91 Å². The number of hydrazine groups is 1. The molecular weight excluding hydrogens is 194 g/mol. The lowest BCUT2D eigenvalue weighted by atomic mass is 10.2. The Balaban J connectivity index is 2.68. The number of nitriles is 1. The molecule has 1 amide bonds. The van der Waals surface area contributed by atoms with E-state index < -0.39 is 0 Å². The standard InChI is InChI=1S/C10H11N3O2/c11-6-1-7-13(12)10(15)8-2-4-9(14)5-3-8/h2-5,14H,1,7,12H2. The average molecular weight is 205 g/mol. The monoisotopic (exact) mass is 205 g/mol. The molecule has 0 aliphatic carbocycles. The predicted octanol–water partition coefficient (Wildman–Crippen LogP) is 0.622. The van der Waals surface area contributed by atoms with Crippen LogP contribution in [0, 0.1) is 11.3 Å². The zero-order valence-corrected chi connectivity index (χ0v) is 8.05. The molecule has 3 N–H and O–H groups in total. The lowest BCUT2D eigenvalue weighted by molar-refractivity contribution is 0.0759. The van der Waals surface area contributed by atoms with Crippen molar-refractivity contribution in [3.8, 4) is 11.8 Å². The van der Waals surface area contributed by atoms with E-state index >= 15 is 0 Å². The van der Waals surface area contributed by atoms with Gasteiger partial charge in [0.15, 0.2) is 0 Å². The van der Waals surface area contributed by atoms with E-state index in [1.165, 1.54) is 24.3 Å². The summed E-state index contributed by atoms with van der Waals surface area (Å²) < 4.78 is 0. The molecular formula is C10H11N3O2. The molecule has 15 heavy (non-hydrogen) atoms. The van der Waals surface area contributed by atoms with Crippen LogP contribution < -0.4 is 5.84 Å². The third kappa shape index (κ3) is 2.97. The van der Waals surface area contributed by atoms with Crippen LogP contribution >= 0.6 is 0 Å². The van der Waals surface area contributed by atoms with Crippen molar-refractivity contribution in [2.75, 3.05) is 6.54 Å². The topological polar surface area (TPSA) is 90.4 Å². The molecule has 5 nitrogen and oxygen atoms in total. The average Bonchev–Trinajstić information content (AvgIpc) is 2.26. The van der Waals surface area contributed by atoms with E-state index in [2.05, 4.69) is 0 Å². The van der Waals surface area contributed by atoms with Crippen LogP contribution in [0.25, 0.3) is 0 Å². The Morgan fingerprint density at radius 3 is 2.60 bits per heavy atom. The SMILES string of the molecule is N#CCCN(N)C(=O)c1ccc(O)cc1. The minimum atomic E-state index is -0.370. The van der Waals surface area contributed by atoms with Gasteiger partial charge < -0.3 is 5.11 Å². The van der Waals surface area contributed by atoms with Crippen molar-refractivity contribution in [2.24, 2.45) is 5.84 Å². The van der Waals surface area contributed by atoms with Crippen LogP contribution in [0.2, 0.25) is 0 Å². The number of phenolic OH excluding ortho intramolecular Hbond substituents is 1. The Bertz CT molecular complexity index is 381. The molecule has 0 fully saturated rings.